The molecule has 1 amide bonds. The number of nitrogens with one attached hydrogen (secondary N) is 1. The minimum atomic E-state index is -0.213. The molecule has 5 nitrogen and oxygen atoms in total. The first-order valence-electron chi connectivity index (χ1n) is 4.45. The zero-order valence-corrected chi connectivity index (χ0v) is 8.65. The van der Waals surface area contributed by atoms with Crippen LogP contribution in [0, 0.1) is 0 Å². The van der Waals surface area contributed by atoms with Crippen LogP contribution in [-0.4, -0.2) is 36.1 Å². The zero-order valence-electron chi connectivity index (χ0n) is 8.65. The Hall–Kier alpha value is -1.36. The summed E-state index contributed by atoms with van der Waals surface area (Å²) in [5.41, 5.74) is 0. The summed E-state index contributed by atoms with van der Waals surface area (Å²) < 4.78 is 4.89. The Kier molecular flexibility index (Phi) is 3.64. The monoisotopic (exact) mass is 197 g/mol. The fourth-order valence-electron chi connectivity index (χ4n) is 1.06. The lowest BCUT2D eigenvalue weighted by Crippen LogP contribution is -2.41. The fraction of sp³-hybridized carbons (Fsp3) is 0.556. The van der Waals surface area contributed by atoms with Gasteiger partial charge in [0.15, 0.2) is 0 Å². The summed E-state index contributed by atoms with van der Waals surface area (Å²) in [6.07, 6.45) is 1.58. The van der Waals surface area contributed by atoms with E-state index in [0.717, 1.165) is 5.76 Å². The van der Waals surface area contributed by atoms with Gasteiger partial charge in [0, 0.05) is 20.2 Å². The van der Waals surface area contributed by atoms with Crippen LogP contribution in [0.25, 0.3) is 0 Å². The molecule has 1 N–H and O–H groups in total. The van der Waals surface area contributed by atoms with Crippen molar-refractivity contribution in [3.05, 3.63) is 18.0 Å². The third-order valence-corrected chi connectivity index (χ3v) is 1.88. The van der Waals surface area contributed by atoms with Gasteiger partial charge in [-0.2, -0.15) is 0 Å². The largest absolute Gasteiger partial charge is 0.360 e. The minimum absolute atomic E-state index is 0.0458. The third-order valence-electron chi connectivity index (χ3n) is 1.88. The maximum absolute atomic E-state index is 11.4. The highest BCUT2D eigenvalue weighted by Gasteiger charge is 2.14. The van der Waals surface area contributed by atoms with Crippen molar-refractivity contribution >= 4 is 5.91 Å². The average molecular weight is 197 g/mol. The van der Waals surface area contributed by atoms with Crippen LogP contribution in [0.4, 0.5) is 0 Å². The second-order valence-electron chi connectivity index (χ2n) is 3.31. The van der Waals surface area contributed by atoms with E-state index < -0.39 is 0 Å². The normalized spacial score (nSPS) is 12.5. The molecule has 1 unspecified atom stereocenters. The summed E-state index contributed by atoms with van der Waals surface area (Å²) in [5.74, 6) is 0.771. The van der Waals surface area contributed by atoms with Gasteiger partial charge in [0.2, 0.25) is 5.91 Å². The number of hydrogen-bond donors (Lipinski definition) is 1. The molecule has 5 heteroatoms. The summed E-state index contributed by atoms with van der Waals surface area (Å²) >= 11 is 0. The molecule has 14 heavy (non-hydrogen) atoms. The van der Waals surface area contributed by atoms with Gasteiger partial charge in [0.1, 0.15) is 5.76 Å². The highest BCUT2D eigenvalue weighted by Crippen LogP contribution is 1.97. The first-order valence-corrected chi connectivity index (χ1v) is 4.45. The van der Waals surface area contributed by atoms with E-state index in [0.29, 0.717) is 6.54 Å². The van der Waals surface area contributed by atoms with Crippen LogP contribution in [0.2, 0.25) is 0 Å². The van der Waals surface area contributed by atoms with E-state index in [1.165, 1.54) is 0 Å². The van der Waals surface area contributed by atoms with Crippen LogP contribution in [0.1, 0.15) is 12.7 Å². The van der Waals surface area contributed by atoms with Crippen molar-refractivity contribution in [1.29, 1.82) is 0 Å². The lowest BCUT2D eigenvalue weighted by Gasteiger charge is -2.17. The molecule has 0 aromatic carbocycles. The van der Waals surface area contributed by atoms with Crippen LogP contribution < -0.4 is 5.32 Å². The van der Waals surface area contributed by atoms with Gasteiger partial charge >= 0.3 is 0 Å². The molecule has 1 aromatic rings. The molecular formula is C9H15N3O2. The van der Waals surface area contributed by atoms with Crippen molar-refractivity contribution in [3.8, 4) is 0 Å². The fourth-order valence-corrected chi connectivity index (χ4v) is 1.06. The number of nitrogens with zero attached hydrogens (tertiary/aromatic N) is 2. The topological polar surface area (TPSA) is 58.4 Å². The van der Waals surface area contributed by atoms with E-state index in [9.17, 15) is 4.79 Å². The summed E-state index contributed by atoms with van der Waals surface area (Å²) in [4.78, 5) is 13.0. The summed E-state index contributed by atoms with van der Waals surface area (Å²) in [5, 5.41) is 6.61. The van der Waals surface area contributed by atoms with Crippen molar-refractivity contribution in [1.82, 2.24) is 15.4 Å². The first-order chi connectivity index (χ1) is 6.61. The molecule has 0 spiro atoms. The van der Waals surface area contributed by atoms with Gasteiger partial charge in [-0.1, -0.05) is 5.16 Å². The molecular weight excluding hydrogens is 182 g/mol. The Bertz CT molecular complexity index is 282. The number of aromatic nitrogens is 1. The number of rotatable bonds is 4. The molecule has 0 saturated heterocycles. The average Bonchev–Trinajstić information content (AvgIpc) is 2.65. The molecule has 78 valence electrons. The van der Waals surface area contributed by atoms with Gasteiger partial charge in [0.05, 0.1) is 18.8 Å². The SMILES string of the molecule is CC(NCc1ccno1)C(=O)N(C)C. The molecule has 1 heterocycles. The third kappa shape index (κ3) is 2.85. The number of hydrogen-bond acceptors (Lipinski definition) is 4. The van der Waals surface area contributed by atoms with Crippen LogP contribution in [-0.2, 0) is 11.3 Å². The highest BCUT2D eigenvalue weighted by molar-refractivity contribution is 5.80. The Balaban J connectivity index is 2.35. The number of amides is 1. The molecule has 0 aliphatic rings. The van der Waals surface area contributed by atoms with Crippen LogP contribution in [0.15, 0.2) is 16.8 Å². The first kappa shape index (κ1) is 10.7. The van der Waals surface area contributed by atoms with E-state index in [1.807, 2.05) is 6.92 Å². The zero-order chi connectivity index (χ0) is 10.6. The number of carbonyl (C=O) groups excluding carboxylic acids is 1. The molecule has 1 aromatic heterocycles. The van der Waals surface area contributed by atoms with E-state index in [2.05, 4.69) is 10.5 Å². The van der Waals surface area contributed by atoms with Crippen molar-refractivity contribution in [2.45, 2.75) is 19.5 Å². The van der Waals surface area contributed by atoms with Gasteiger partial charge in [-0.25, -0.2) is 0 Å². The molecule has 0 radical (unpaired) electrons. The van der Waals surface area contributed by atoms with Crippen molar-refractivity contribution in [3.63, 3.8) is 0 Å². The molecule has 0 aliphatic heterocycles. The molecule has 1 atom stereocenters. The van der Waals surface area contributed by atoms with Gasteiger partial charge in [-0.3, -0.25) is 10.1 Å². The summed E-state index contributed by atoms with van der Waals surface area (Å²) in [6, 6.07) is 1.55. The van der Waals surface area contributed by atoms with Crippen LogP contribution in [0.3, 0.4) is 0 Å². The molecule has 1 rings (SSSR count). The molecule has 0 aliphatic carbocycles. The van der Waals surface area contributed by atoms with Crippen LogP contribution >= 0.6 is 0 Å². The Labute approximate surface area is 83.1 Å². The van der Waals surface area contributed by atoms with E-state index in [1.54, 1.807) is 31.3 Å². The standard InChI is InChI=1S/C9H15N3O2/c1-7(9(13)12(2)3)10-6-8-4-5-11-14-8/h4-5,7,10H,6H2,1-3H3. The van der Waals surface area contributed by atoms with E-state index in [4.69, 9.17) is 4.52 Å². The summed E-state index contributed by atoms with van der Waals surface area (Å²) in [7, 11) is 3.46. The Morgan fingerprint density at radius 1 is 1.71 bits per heavy atom. The Morgan fingerprint density at radius 3 is 2.93 bits per heavy atom. The van der Waals surface area contributed by atoms with Gasteiger partial charge in [-0.15, -0.1) is 0 Å². The minimum Gasteiger partial charge on any atom is -0.360 e. The predicted molar refractivity (Wildman–Crippen MR) is 51.5 cm³/mol. The van der Waals surface area contributed by atoms with E-state index in [-0.39, 0.29) is 11.9 Å². The van der Waals surface area contributed by atoms with Gasteiger partial charge < -0.3 is 9.42 Å². The Morgan fingerprint density at radius 2 is 2.43 bits per heavy atom. The van der Waals surface area contributed by atoms with E-state index >= 15 is 0 Å². The number of likely N-dealkylation sites (N-methyl/N-ethyl adjacent to an activating group) is 1. The molecule has 0 fully saturated rings. The number of carbonyl (C=O) groups is 1. The second kappa shape index (κ2) is 4.76. The molecule has 0 bridgehead atoms. The van der Waals surface area contributed by atoms with Crippen molar-refractivity contribution < 1.29 is 9.32 Å². The predicted octanol–water partition coefficient (Wildman–Crippen LogP) is 0.241. The van der Waals surface area contributed by atoms with Crippen molar-refractivity contribution in [2.75, 3.05) is 14.1 Å². The van der Waals surface area contributed by atoms with Gasteiger partial charge in [0.25, 0.3) is 0 Å². The molecule has 0 saturated carbocycles. The lowest BCUT2D eigenvalue weighted by molar-refractivity contribution is -0.130. The van der Waals surface area contributed by atoms with Crippen LogP contribution in [0.5, 0.6) is 0 Å². The maximum atomic E-state index is 11.4. The van der Waals surface area contributed by atoms with Gasteiger partial charge in [-0.05, 0) is 6.92 Å². The lowest BCUT2D eigenvalue weighted by atomic mass is 10.3. The maximum Gasteiger partial charge on any atom is 0.238 e. The summed E-state index contributed by atoms with van der Waals surface area (Å²) in [6.45, 7) is 2.33. The highest BCUT2D eigenvalue weighted by atomic mass is 16.5. The smallest absolute Gasteiger partial charge is 0.238 e. The van der Waals surface area contributed by atoms with Crippen molar-refractivity contribution in [2.24, 2.45) is 0 Å². The second-order valence-corrected chi connectivity index (χ2v) is 3.31. The quantitative estimate of drug-likeness (QED) is 0.751.